The number of benzene rings is 1. The Balaban J connectivity index is 2.27. The lowest BCUT2D eigenvalue weighted by Crippen LogP contribution is -2.27. The fourth-order valence-electron chi connectivity index (χ4n) is 1.97. The van der Waals surface area contributed by atoms with Crippen LogP contribution in [0.4, 0.5) is 0 Å². The van der Waals surface area contributed by atoms with E-state index in [0.29, 0.717) is 5.92 Å². The molecule has 0 saturated heterocycles. The van der Waals surface area contributed by atoms with Crippen LogP contribution in [0.25, 0.3) is 0 Å². The highest BCUT2D eigenvalue weighted by Gasteiger charge is 2.05. The van der Waals surface area contributed by atoms with Crippen molar-refractivity contribution >= 4 is 15.9 Å². The van der Waals surface area contributed by atoms with Gasteiger partial charge in [-0.2, -0.15) is 0 Å². The van der Waals surface area contributed by atoms with Crippen LogP contribution < -0.4 is 5.73 Å². The summed E-state index contributed by atoms with van der Waals surface area (Å²) in [5.74, 6) is 0.690. The van der Waals surface area contributed by atoms with Gasteiger partial charge in [-0.15, -0.1) is 0 Å². The second kappa shape index (κ2) is 7.85. The normalized spacial score (nSPS) is 13.0. The van der Waals surface area contributed by atoms with Crippen molar-refractivity contribution in [3.8, 4) is 0 Å². The van der Waals surface area contributed by atoms with E-state index in [1.165, 1.54) is 5.56 Å². The number of halogens is 1. The molecule has 0 aliphatic rings. The van der Waals surface area contributed by atoms with Gasteiger partial charge < -0.3 is 10.6 Å². The van der Waals surface area contributed by atoms with Crippen molar-refractivity contribution in [1.29, 1.82) is 0 Å². The highest BCUT2D eigenvalue weighted by molar-refractivity contribution is 9.10. The largest absolute Gasteiger partial charge is 0.330 e. The molecule has 0 spiro atoms. The monoisotopic (exact) mass is 298 g/mol. The van der Waals surface area contributed by atoms with E-state index < -0.39 is 0 Å². The SMILES string of the molecule is CC(CCN)CN(C)CCc1ccc(Br)cc1. The van der Waals surface area contributed by atoms with Crippen molar-refractivity contribution in [2.45, 2.75) is 19.8 Å². The number of rotatable bonds is 7. The van der Waals surface area contributed by atoms with Crippen molar-refractivity contribution in [1.82, 2.24) is 4.90 Å². The summed E-state index contributed by atoms with van der Waals surface area (Å²) in [6.45, 7) is 5.30. The number of likely N-dealkylation sites (N-methyl/N-ethyl adjacent to an activating group) is 1. The topological polar surface area (TPSA) is 29.3 Å². The zero-order chi connectivity index (χ0) is 12.7. The van der Waals surface area contributed by atoms with Gasteiger partial charge in [-0.05, 0) is 50.0 Å². The fourth-order valence-corrected chi connectivity index (χ4v) is 2.23. The predicted molar refractivity (Wildman–Crippen MR) is 78.2 cm³/mol. The average molecular weight is 299 g/mol. The summed E-state index contributed by atoms with van der Waals surface area (Å²) in [6, 6.07) is 8.57. The minimum atomic E-state index is 0.690. The molecule has 1 aromatic rings. The summed E-state index contributed by atoms with van der Waals surface area (Å²) in [7, 11) is 2.19. The van der Waals surface area contributed by atoms with Crippen LogP contribution in [-0.2, 0) is 6.42 Å². The van der Waals surface area contributed by atoms with Crippen LogP contribution in [-0.4, -0.2) is 31.6 Å². The van der Waals surface area contributed by atoms with E-state index in [2.05, 4.69) is 59.1 Å². The minimum absolute atomic E-state index is 0.690. The number of nitrogens with two attached hydrogens (primary N) is 1. The molecule has 0 fully saturated rings. The van der Waals surface area contributed by atoms with Gasteiger partial charge in [0.15, 0.2) is 0 Å². The maximum absolute atomic E-state index is 5.56. The molecule has 1 atom stereocenters. The summed E-state index contributed by atoms with van der Waals surface area (Å²) in [6.07, 6.45) is 2.22. The van der Waals surface area contributed by atoms with Gasteiger partial charge in [0.2, 0.25) is 0 Å². The summed E-state index contributed by atoms with van der Waals surface area (Å²) in [5, 5.41) is 0. The van der Waals surface area contributed by atoms with E-state index in [9.17, 15) is 0 Å². The van der Waals surface area contributed by atoms with Crippen LogP contribution in [0.5, 0.6) is 0 Å². The Morgan fingerprint density at radius 2 is 1.94 bits per heavy atom. The van der Waals surface area contributed by atoms with Gasteiger partial charge in [-0.3, -0.25) is 0 Å². The maximum Gasteiger partial charge on any atom is 0.0175 e. The molecule has 1 unspecified atom stereocenters. The van der Waals surface area contributed by atoms with Crippen molar-refractivity contribution in [2.75, 3.05) is 26.7 Å². The molecular weight excluding hydrogens is 276 g/mol. The number of hydrogen-bond donors (Lipinski definition) is 1. The Hall–Kier alpha value is -0.380. The fraction of sp³-hybridized carbons (Fsp3) is 0.571. The lowest BCUT2D eigenvalue weighted by molar-refractivity contribution is 0.283. The first-order chi connectivity index (χ1) is 8.11. The molecule has 3 heteroatoms. The maximum atomic E-state index is 5.56. The summed E-state index contributed by atoms with van der Waals surface area (Å²) >= 11 is 3.45. The third-order valence-electron chi connectivity index (χ3n) is 2.98. The third kappa shape index (κ3) is 6.20. The van der Waals surface area contributed by atoms with E-state index in [1.807, 2.05) is 0 Å². The molecule has 0 amide bonds. The quantitative estimate of drug-likeness (QED) is 0.839. The van der Waals surface area contributed by atoms with E-state index >= 15 is 0 Å². The van der Waals surface area contributed by atoms with Gasteiger partial charge in [-0.1, -0.05) is 35.0 Å². The molecule has 0 bridgehead atoms. The Labute approximate surface area is 113 Å². The van der Waals surface area contributed by atoms with E-state index in [4.69, 9.17) is 5.73 Å². The average Bonchev–Trinajstić information content (AvgIpc) is 2.28. The minimum Gasteiger partial charge on any atom is -0.330 e. The molecule has 0 aliphatic heterocycles. The molecule has 0 aliphatic carbocycles. The zero-order valence-electron chi connectivity index (χ0n) is 10.8. The van der Waals surface area contributed by atoms with Gasteiger partial charge in [0.1, 0.15) is 0 Å². The standard InChI is InChI=1S/C14H23BrN2/c1-12(7-9-16)11-17(2)10-8-13-3-5-14(15)6-4-13/h3-6,12H,7-11,16H2,1-2H3. The van der Waals surface area contributed by atoms with Crippen molar-refractivity contribution < 1.29 is 0 Å². The summed E-state index contributed by atoms with van der Waals surface area (Å²) in [4.78, 5) is 2.39. The molecule has 96 valence electrons. The predicted octanol–water partition coefficient (Wildman–Crippen LogP) is 2.91. The van der Waals surface area contributed by atoms with Crippen LogP contribution >= 0.6 is 15.9 Å². The van der Waals surface area contributed by atoms with Crippen LogP contribution in [0, 0.1) is 5.92 Å². The Morgan fingerprint density at radius 3 is 2.53 bits per heavy atom. The first-order valence-electron chi connectivity index (χ1n) is 6.25. The van der Waals surface area contributed by atoms with Crippen molar-refractivity contribution in [3.63, 3.8) is 0 Å². The molecular formula is C14H23BrN2. The molecule has 2 N–H and O–H groups in total. The first-order valence-corrected chi connectivity index (χ1v) is 7.04. The molecule has 1 rings (SSSR count). The highest BCUT2D eigenvalue weighted by Crippen LogP contribution is 2.11. The molecule has 0 aromatic heterocycles. The second-order valence-corrected chi connectivity index (χ2v) is 5.74. The van der Waals surface area contributed by atoms with E-state index in [0.717, 1.165) is 36.9 Å². The van der Waals surface area contributed by atoms with Gasteiger partial charge in [-0.25, -0.2) is 0 Å². The van der Waals surface area contributed by atoms with E-state index in [1.54, 1.807) is 0 Å². The lowest BCUT2D eigenvalue weighted by Gasteiger charge is -2.20. The zero-order valence-corrected chi connectivity index (χ0v) is 12.4. The number of hydrogen-bond acceptors (Lipinski definition) is 2. The number of nitrogens with zero attached hydrogens (tertiary/aromatic N) is 1. The van der Waals surface area contributed by atoms with Crippen LogP contribution in [0.15, 0.2) is 28.7 Å². The Bertz CT molecular complexity index is 311. The molecule has 0 heterocycles. The van der Waals surface area contributed by atoms with Crippen molar-refractivity contribution in [3.05, 3.63) is 34.3 Å². The van der Waals surface area contributed by atoms with Crippen molar-refractivity contribution in [2.24, 2.45) is 11.7 Å². The molecule has 17 heavy (non-hydrogen) atoms. The van der Waals surface area contributed by atoms with Crippen LogP contribution in [0.1, 0.15) is 18.9 Å². The first kappa shape index (κ1) is 14.7. The molecule has 1 aromatic carbocycles. The summed E-state index contributed by atoms with van der Waals surface area (Å²) < 4.78 is 1.14. The van der Waals surface area contributed by atoms with Crippen LogP contribution in [0.3, 0.4) is 0 Å². The van der Waals surface area contributed by atoms with Gasteiger partial charge in [0.25, 0.3) is 0 Å². The van der Waals surface area contributed by atoms with E-state index in [-0.39, 0.29) is 0 Å². The van der Waals surface area contributed by atoms with Crippen LogP contribution in [0.2, 0.25) is 0 Å². The molecule has 0 radical (unpaired) electrons. The summed E-state index contributed by atoms with van der Waals surface area (Å²) in [5.41, 5.74) is 6.96. The van der Waals surface area contributed by atoms with Gasteiger partial charge >= 0.3 is 0 Å². The third-order valence-corrected chi connectivity index (χ3v) is 3.51. The highest BCUT2D eigenvalue weighted by atomic mass is 79.9. The van der Waals surface area contributed by atoms with Gasteiger partial charge in [0.05, 0.1) is 0 Å². The lowest BCUT2D eigenvalue weighted by atomic mass is 10.1. The Morgan fingerprint density at radius 1 is 1.29 bits per heavy atom. The molecule has 0 saturated carbocycles. The van der Waals surface area contributed by atoms with Gasteiger partial charge in [0, 0.05) is 17.6 Å². The second-order valence-electron chi connectivity index (χ2n) is 4.82. The molecule has 2 nitrogen and oxygen atoms in total. The Kier molecular flexibility index (Phi) is 6.78. The smallest absolute Gasteiger partial charge is 0.0175 e.